The molecule has 3 atom stereocenters. The SMILES string of the molecule is Cc1csc(CO[C@H]2CC(=O)[C@H](N3CCOCC3)[C@H]2CC=CCCCC(=O)O)c1. The molecule has 29 heavy (non-hydrogen) atoms. The van der Waals surface area contributed by atoms with Crippen LogP contribution in [0.15, 0.2) is 23.6 Å². The van der Waals surface area contributed by atoms with Crippen LogP contribution in [0, 0.1) is 12.8 Å². The first-order valence-corrected chi connectivity index (χ1v) is 11.3. The van der Waals surface area contributed by atoms with Gasteiger partial charge in [0.15, 0.2) is 5.78 Å². The summed E-state index contributed by atoms with van der Waals surface area (Å²) in [6.07, 6.45) is 6.87. The number of Topliss-reactive ketones (excluding diaryl/α,β-unsaturated/α-hetero) is 1. The van der Waals surface area contributed by atoms with Crippen molar-refractivity contribution in [3.8, 4) is 0 Å². The van der Waals surface area contributed by atoms with Crippen LogP contribution in [0.5, 0.6) is 0 Å². The lowest BCUT2D eigenvalue weighted by Crippen LogP contribution is -2.49. The molecular formula is C22H31NO5S. The highest BCUT2D eigenvalue weighted by Gasteiger charge is 2.45. The highest BCUT2D eigenvalue weighted by molar-refractivity contribution is 7.10. The van der Waals surface area contributed by atoms with Crippen LogP contribution < -0.4 is 0 Å². The van der Waals surface area contributed by atoms with Gasteiger partial charge >= 0.3 is 5.97 Å². The molecule has 2 heterocycles. The normalized spacial score (nSPS) is 25.8. The number of rotatable bonds is 10. The van der Waals surface area contributed by atoms with Gasteiger partial charge in [0.1, 0.15) is 0 Å². The van der Waals surface area contributed by atoms with E-state index in [1.165, 1.54) is 10.4 Å². The number of carbonyl (C=O) groups excluding carboxylic acids is 1. The van der Waals surface area contributed by atoms with E-state index in [0.717, 1.165) is 25.9 Å². The Labute approximate surface area is 176 Å². The van der Waals surface area contributed by atoms with Crippen molar-refractivity contribution in [2.75, 3.05) is 26.3 Å². The molecule has 1 aromatic rings. The number of hydrogen-bond acceptors (Lipinski definition) is 6. The molecule has 7 heteroatoms. The van der Waals surface area contributed by atoms with Gasteiger partial charge in [0, 0.05) is 36.7 Å². The number of thiophene rings is 1. The average Bonchev–Trinajstić information content (AvgIpc) is 3.25. The molecule has 0 radical (unpaired) electrons. The molecule has 1 aromatic heterocycles. The summed E-state index contributed by atoms with van der Waals surface area (Å²) in [7, 11) is 0. The third-order valence-electron chi connectivity index (χ3n) is 5.62. The lowest BCUT2D eigenvalue weighted by atomic mass is 9.95. The molecule has 0 bridgehead atoms. The van der Waals surface area contributed by atoms with Crippen molar-refractivity contribution in [3.05, 3.63) is 34.0 Å². The van der Waals surface area contributed by atoms with Crippen LogP contribution in [0.4, 0.5) is 0 Å². The highest BCUT2D eigenvalue weighted by Crippen LogP contribution is 2.34. The summed E-state index contributed by atoms with van der Waals surface area (Å²) in [5, 5.41) is 10.9. The third kappa shape index (κ3) is 6.47. The van der Waals surface area contributed by atoms with Gasteiger partial charge in [-0.1, -0.05) is 12.2 Å². The van der Waals surface area contributed by atoms with Gasteiger partial charge in [0.05, 0.1) is 32.0 Å². The third-order valence-corrected chi connectivity index (χ3v) is 6.64. The first kappa shape index (κ1) is 22.2. The number of carbonyl (C=O) groups is 2. The molecule has 0 spiro atoms. The molecule has 2 aliphatic rings. The van der Waals surface area contributed by atoms with Gasteiger partial charge in [-0.3, -0.25) is 14.5 Å². The van der Waals surface area contributed by atoms with Crippen LogP contribution in [-0.2, 0) is 25.7 Å². The number of unbranched alkanes of at least 4 members (excludes halogenated alkanes) is 1. The number of hydrogen-bond donors (Lipinski definition) is 1. The first-order valence-electron chi connectivity index (χ1n) is 10.4. The molecule has 1 N–H and O–H groups in total. The summed E-state index contributed by atoms with van der Waals surface area (Å²) in [6.45, 7) is 5.53. The van der Waals surface area contributed by atoms with Gasteiger partial charge in [-0.2, -0.15) is 0 Å². The van der Waals surface area contributed by atoms with E-state index in [1.54, 1.807) is 11.3 Å². The predicted molar refractivity (Wildman–Crippen MR) is 112 cm³/mol. The monoisotopic (exact) mass is 421 g/mol. The van der Waals surface area contributed by atoms with Crippen molar-refractivity contribution in [1.82, 2.24) is 4.90 Å². The van der Waals surface area contributed by atoms with Crippen LogP contribution in [0.3, 0.4) is 0 Å². The average molecular weight is 422 g/mol. The zero-order valence-corrected chi connectivity index (χ0v) is 17.9. The molecule has 1 aliphatic heterocycles. The second-order valence-electron chi connectivity index (χ2n) is 7.86. The molecule has 2 fully saturated rings. The number of carboxylic acids is 1. The van der Waals surface area contributed by atoms with Gasteiger partial charge in [-0.25, -0.2) is 0 Å². The van der Waals surface area contributed by atoms with Crippen molar-refractivity contribution in [2.45, 2.75) is 57.8 Å². The Morgan fingerprint density at radius 2 is 2.17 bits per heavy atom. The summed E-state index contributed by atoms with van der Waals surface area (Å²) in [5.74, 6) is -0.370. The van der Waals surface area contributed by atoms with E-state index in [9.17, 15) is 9.59 Å². The van der Waals surface area contributed by atoms with E-state index >= 15 is 0 Å². The Hall–Kier alpha value is -1.54. The number of carboxylic acid groups (broad SMARTS) is 1. The van der Waals surface area contributed by atoms with Gasteiger partial charge in [-0.15, -0.1) is 11.3 Å². The minimum absolute atomic E-state index is 0.0820. The maximum Gasteiger partial charge on any atom is 0.303 e. The number of ether oxygens (including phenoxy) is 2. The fraction of sp³-hybridized carbons (Fsp3) is 0.636. The zero-order valence-electron chi connectivity index (χ0n) is 17.0. The fourth-order valence-corrected chi connectivity index (χ4v) is 5.00. The van der Waals surface area contributed by atoms with Crippen molar-refractivity contribution < 1.29 is 24.2 Å². The molecular weight excluding hydrogens is 390 g/mol. The first-order chi connectivity index (χ1) is 14.0. The van der Waals surface area contributed by atoms with Crippen LogP contribution in [0.1, 0.15) is 42.5 Å². The van der Waals surface area contributed by atoms with Crippen molar-refractivity contribution in [3.63, 3.8) is 0 Å². The second kappa shape index (κ2) is 11.0. The van der Waals surface area contributed by atoms with E-state index in [0.29, 0.717) is 32.7 Å². The van der Waals surface area contributed by atoms with E-state index in [2.05, 4.69) is 29.3 Å². The number of aliphatic carboxylic acids is 1. The van der Waals surface area contributed by atoms with Crippen LogP contribution >= 0.6 is 11.3 Å². The number of nitrogens with zero attached hydrogens (tertiary/aromatic N) is 1. The van der Waals surface area contributed by atoms with Crippen molar-refractivity contribution in [2.24, 2.45) is 5.92 Å². The van der Waals surface area contributed by atoms with Crippen LogP contribution in [0.2, 0.25) is 0 Å². The Kier molecular flexibility index (Phi) is 8.41. The van der Waals surface area contributed by atoms with Gasteiger partial charge < -0.3 is 14.6 Å². The van der Waals surface area contributed by atoms with Gasteiger partial charge in [0.2, 0.25) is 0 Å². The van der Waals surface area contributed by atoms with Crippen LogP contribution in [-0.4, -0.2) is 60.2 Å². The largest absolute Gasteiger partial charge is 0.481 e. The minimum atomic E-state index is -0.760. The van der Waals surface area contributed by atoms with E-state index in [1.807, 2.05) is 6.08 Å². The number of morpholine rings is 1. The summed E-state index contributed by atoms with van der Waals surface area (Å²) in [5.41, 5.74) is 1.24. The van der Waals surface area contributed by atoms with Gasteiger partial charge in [0.25, 0.3) is 0 Å². The summed E-state index contributed by atoms with van der Waals surface area (Å²) in [4.78, 5) is 27.0. The summed E-state index contributed by atoms with van der Waals surface area (Å²) >= 11 is 1.69. The van der Waals surface area contributed by atoms with Crippen LogP contribution in [0.25, 0.3) is 0 Å². The molecule has 0 unspecified atom stereocenters. The molecule has 0 aromatic carbocycles. The standard InChI is InChI=1S/C22H31NO5S/c1-16-12-17(29-15-16)14-28-20-13-19(24)22(23-8-10-27-11-9-23)18(20)6-4-2-3-5-7-21(25)26/h2,4,12,15,18,20,22H,3,5-11,13-14H2,1H3,(H,25,26)/t18-,20-,22+/m0/s1. The Bertz CT molecular complexity index is 710. The zero-order chi connectivity index (χ0) is 20.6. The molecule has 1 saturated heterocycles. The Morgan fingerprint density at radius 3 is 2.86 bits per heavy atom. The molecule has 3 rings (SSSR count). The molecule has 0 amide bonds. The lowest BCUT2D eigenvalue weighted by molar-refractivity contribution is -0.137. The van der Waals surface area contributed by atoms with E-state index in [-0.39, 0.29) is 30.3 Å². The quantitative estimate of drug-likeness (QED) is 0.461. The minimum Gasteiger partial charge on any atom is -0.481 e. The number of aryl methyl sites for hydroxylation is 1. The summed E-state index contributed by atoms with van der Waals surface area (Å²) < 4.78 is 11.7. The lowest BCUT2D eigenvalue weighted by Gasteiger charge is -2.35. The highest BCUT2D eigenvalue weighted by atomic mass is 32.1. The molecule has 6 nitrogen and oxygen atoms in total. The van der Waals surface area contributed by atoms with E-state index < -0.39 is 5.97 Å². The van der Waals surface area contributed by atoms with Crippen molar-refractivity contribution in [1.29, 1.82) is 0 Å². The maximum atomic E-state index is 12.9. The topological polar surface area (TPSA) is 76.1 Å². The number of allylic oxidation sites excluding steroid dienone is 2. The molecule has 1 saturated carbocycles. The maximum absolute atomic E-state index is 12.9. The second-order valence-corrected chi connectivity index (χ2v) is 8.86. The Morgan fingerprint density at radius 1 is 1.38 bits per heavy atom. The van der Waals surface area contributed by atoms with E-state index in [4.69, 9.17) is 14.6 Å². The fourth-order valence-electron chi connectivity index (χ4n) is 4.20. The molecule has 1 aliphatic carbocycles. The predicted octanol–water partition coefficient (Wildman–Crippen LogP) is 3.43. The Balaban J connectivity index is 1.62. The van der Waals surface area contributed by atoms with Crippen molar-refractivity contribution >= 4 is 23.1 Å². The number of ketones is 1. The summed E-state index contributed by atoms with van der Waals surface area (Å²) in [6, 6.07) is 2.02. The molecule has 160 valence electrons. The smallest absolute Gasteiger partial charge is 0.303 e. The van der Waals surface area contributed by atoms with Gasteiger partial charge in [-0.05, 0) is 43.2 Å².